The molecule has 0 aromatic rings. The van der Waals surface area contributed by atoms with Crippen molar-refractivity contribution in [3.05, 3.63) is 0 Å². The summed E-state index contributed by atoms with van der Waals surface area (Å²) < 4.78 is 13.0. The summed E-state index contributed by atoms with van der Waals surface area (Å²) in [6.45, 7) is 1.85. The Labute approximate surface area is 125 Å². The maximum atomic E-state index is 13.0. The second-order valence-electron chi connectivity index (χ2n) is 5.95. The summed E-state index contributed by atoms with van der Waals surface area (Å²) in [6.07, 6.45) is 2.16. The average Bonchev–Trinajstić information content (AvgIpc) is 2.42. The largest absolute Gasteiger partial charge is 0.480 e. The molecule has 1 saturated heterocycles. The van der Waals surface area contributed by atoms with Crippen molar-refractivity contribution in [2.75, 3.05) is 19.6 Å². The van der Waals surface area contributed by atoms with E-state index in [-0.39, 0.29) is 6.32 Å². The van der Waals surface area contributed by atoms with Gasteiger partial charge in [-0.25, -0.2) is 4.39 Å². The van der Waals surface area contributed by atoms with Gasteiger partial charge in [0.05, 0.1) is 0 Å². The zero-order chi connectivity index (χ0) is 15.9. The van der Waals surface area contributed by atoms with Gasteiger partial charge in [-0.15, -0.1) is 0 Å². The van der Waals surface area contributed by atoms with Gasteiger partial charge in [0.15, 0.2) is 0 Å². The highest BCUT2D eigenvalue weighted by Crippen LogP contribution is 2.20. The third kappa shape index (κ3) is 6.73. The number of rotatable bonds is 9. The first-order valence-electron chi connectivity index (χ1n) is 7.58. The summed E-state index contributed by atoms with van der Waals surface area (Å²) in [7, 11) is -1.36. The van der Waals surface area contributed by atoms with E-state index in [1.165, 1.54) is 0 Å². The first-order valence-corrected chi connectivity index (χ1v) is 7.58. The van der Waals surface area contributed by atoms with Gasteiger partial charge in [-0.1, -0.05) is 12.8 Å². The van der Waals surface area contributed by atoms with E-state index >= 15 is 0 Å². The standard InChI is InChI=1S/C13H26BFN2O4/c15-11-3-8-17(9-4-11)10-6-13(16,12(18)19)5-1-2-7-14(20)21/h11,20-21H,1-10,16H2,(H,18,19). The number of alkyl halides is 1. The Morgan fingerprint density at radius 3 is 2.43 bits per heavy atom. The van der Waals surface area contributed by atoms with Crippen LogP contribution in [0.3, 0.4) is 0 Å². The topological polar surface area (TPSA) is 107 Å². The van der Waals surface area contributed by atoms with Crippen molar-refractivity contribution < 1.29 is 24.3 Å². The van der Waals surface area contributed by atoms with Crippen molar-refractivity contribution >= 4 is 13.1 Å². The van der Waals surface area contributed by atoms with Crippen LogP contribution in [-0.2, 0) is 4.79 Å². The van der Waals surface area contributed by atoms with Gasteiger partial charge in [0.1, 0.15) is 11.7 Å². The van der Waals surface area contributed by atoms with Crippen LogP contribution >= 0.6 is 0 Å². The van der Waals surface area contributed by atoms with Gasteiger partial charge < -0.3 is 25.8 Å². The van der Waals surface area contributed by atoms with Crippen molar-refractivity contribution in [2.24, 2.45) is 5.73 Å². The van der Waals surface area contributed by atoms with E-state index in [9.17, 15) is 14.3 Å². The number of carboxylic acid groups (broad SMARTS) is 1. The van der Waals surface area contributed by atoms with E-state index in [4.69, 9.17) is 15.8 Å². The van der Waals surface area contributed by atoms with Gasteiger partial charge in [-0.3, -0.25) is 4.79 Å². The summed E-state index contributed by atoms with van der Waals surface area (Å²) in [4.78, 5) is 13.4. The number of hydrogen-bond donors (Lipinski definition) is 4. The Morgan fingerprint density at radius 1 is 1.29 bits per heavy atom. The highest BCUT2D eigenvalue weighted by atomic mass is 19.1. The van der Waals surface area contributed by atoms with E-state index in [1.54, 1.807) is 0 Å². The average molecular weight is 304 g/mol. The summed E-state index contributed by atoms with van der Waals surface area (Å²) in [6, 6.07) is 0. The molecule has 0 radical (unpaired) electrons. The zero-order valence-corrected chi connectivity index (χ0v) is 12.4. The first-order chi connectivity index (χ1) is 9.83. The highest BCUT2D eigenvalue weighted by Gasteiger charge is 2.34. The molecular weight excluding hydrogens is 278 g/mol. The lowest BCUT2D eigenvalue weighted by Gasteiger charge is -2.32. The summed E-state index contributed by atoms with van der Waals surface area (Å²) in [5.41, 5.74) is 4.68. The lowest BCUT2D eigenvalue weighted by atomic mass is 9.81. The summed E-state index contributed by atoms with van der Waals surface area (Å²) >= 11 is 0. The Bertz CT molecular complexity index is 327. The van der Waals surface area contributed by atoms with Crippen LogP contribution in [0.1, 0.15) is 38.5 Å². The Morgan fingerprint density at radius 2 is 1.90 bits per heavy atom. The molecule has 0 aromatic heterocycles. The minimum Gasteiger partial charge on any atom is -0.480 e. The Kier molecular flexibility index (Phi) is 7.58. The minimum atomic E-state index is -1.36. The lowest BCUT2D eigenvalue weighted by molar-refractivity contribution is -0.144. The third-order valence-electron chi connectivity index (χ3n) is 4.15. The number of piperidine rings is 1. The van der Waals surface area contributed by atoms with Crippen molar-refractivity contribution in [3.63, 3.8) is 0 Å². The number of hydrogen-bond acceptors (Lipinski definition) is 5. The van der Waals surface area contributed by atoms with Crippen LogP contribution in [0.4, 0.5) is 4.39 Å². The lowest BCUT2D eigenvalue weighted by Crippen LogP contribution is -2.50. The molecule has 0 aromatic carbocycles. The van der Waals surface area contributed by atoms with Crippen LogP contribution < -0.4 is 5.73 Å². The molecule has 0 amide bonds. The van der Waals surface area contributed by atoms with Crippen LogP contribution in [0.25, 0.3) is 0 Å². The molecule has 8 heteroatoms. The summed E-state index contributed by atoms with van der Waals surface area (Å²) in [5, 5.41) is 26.8. The molecular formula is C13H26BFN2O4. The molecule has 1 unspecified atom stereocenters. The third-order valence-corrected chi connectivity index (χ3v) is 4.15. The Balaban J connectivity index is 2.35. The molecule has 1 heterocycles. The van der Waals surface area contributed by atoms with E-state index < -0.39 is 24.8 Å². The molecule has 5 N–H and O–H groups in total. The smallest absolute Gasteiger partial charge is 0.451 e. The summed E-state index contributed by atoms with van der Waals surface area (Å²) in [5.74, 6) is -1.03. The number of aliphatic carboxylic acids is 1. The number of carboxylic acids is 1. The SMILES string of the molecule is NC(CCCCB(O)O)(CCN1CCC(F)CC1)C(=O)O. The quantitative estimate of drug-likeness (QED) is 0.359. The number of nitrogens with zero attached hydrogens (tertiary/aromatic N) is 1. The molecule has 6 nitrogen and oxygen atoms in total. The van der Waals surface area contributed by atoms with Gasteiger partial charge >= 0.3 is 13.1 Å². The van der Waals surface area contributed by atoms with Crippen molar-refractivity contribution in [1.82, 2.24) is 4.90 Å². The van der Waals surface area contributed by atoms with E-state index in [0.29, 0.717) is 58.2 Å². The Hall–Kier alpha value is -0.695. The minimum absolute atomic E-state index is 0.222. The van der Waals surface area contributed by atoms with Crippen molar-refractivity contribution in [1.29, 1.82) is 0 Å². The molecule has 1 aliphatic heterocycles. The fourth-order valence-electron chi connectivity index (χ4n) is 2.59. The van der Waals surface area contributed by atoms with Crippen LogP contribution in [0.5, 0.6) is 0 Å². The maximum Gasteiger partial charge on any atom is 0.451 e. The number of unbranched alkanes of at least 4 members (excludes halogenated alkanes) is 1. The molecule has 0 aliphatic carbocycles. The molecule has 1 fully saturated rings. The predicted octanol–water partition coefficient (Wildman–Crippen LogP) is 0.236. The van der Waals surface area contributed by atoms with Crippen molar-refractivity contribution in [3.8, 4) is 0 Å². The monoisotopic (exact) mass is 304 g/mol. The molecule has 0 bridgehead atoms. The maximum absolute atomic E-state index is 13.0. The molecule has 1 rings (SSSR count). The molecule has 21 heavy (non-hydrogen) atoms. The van der Waals surface area contributed by atoms with Crippen molar-refractivity contribution in [2.45, 2.75) is 56.6 Å². The van der Waals surface area contributed by atoms with Gasteiger partial charge in [-0.05, 0) is 32.0 Å². The van der Waals surface area contributed by atoms with Gasteiger partial charge in [0, 0.05) is 19.6 Å². The van der Waals surface area contributed by atoms with E-state index in [0.717, 1.165) is 0 Å². The van der Waals surface area contributed by atoms with Crippen LogP contribution in [-0.4, -0.2) is 64.5 Å². The zero-order valence-electron chi connectivity index (χ0n) is 12.4. The fourth-order valence-corrected chi connectivity index (χ4v) is 2.59. The number of nitrogens with two attached hydrogens (primary N) is 1. The van der Waals surface area contributed by atoms with Gasteiger partial charge in [0.25, 0.3) is 0 Å². The number of likely N-dealkylation sites (tertiary alicyclic amines) is 1. The van der Waals surface area contributed by atoms with Gasteiger partial charge in [0.2, 0.25) is 0 Å². The fraction of sp³-hybridized carbons (Fsp3) is 0.923. The first kappa shape index (κ1) is 18.4. The molecule has 122 valence electrons. The second-order valence-corrected chi connectivity index (χ2v) is 5.95. The second kappa shape index (κ2) is 8.68. The van der Waals surface area contributed by atoms with Gasteiger partial charge in [-0.2, -0.15) is 0 Å². The molecule has 0 spiro atoms. The van der Waals surface area contributed by atoms with E-state index in [1.807, 2.05) is 0 Å². The van der Waals surface area contributed by atoms with Crippen LogP contribution in [0.15, 0.2) is 0 Å². The predicted molar refractivity (Wildman–Crippen MR) is 78.6 cm³/mol. The highest BCUT2D eigenvalue weighted by molar-refractivity contribution is 6.40. The molecule has 1 atom stereocenters. The van der Waals surface area contributed by atoms with E-state index in [2.05, 4.69) is 4.90 Å². The molecule has 0 saturated carbocycles. The normalized spacial score (nSPS) is 20.2. The number of halogens is 1. The van der Waals surface area contributed by atoms with Crippen LogP contribution in [0.2, 0.25) is 6.32 Å². The number of carbonyl (C=O) groups is 1. The van der Waals surface area contributed by atoms with Crippen LogP contribution in [0, 0.1) is 0 Å². The molecule has 1 aliphatic rings.